The summed E-state index contributed by atoms with van der Waals surface area (Å²) < 4.78 is 67.7. The summed E-state index contributed by atoms with van der Waals surface area (Å²) in [5.74, 6) is -7.15. The zero-order chi connectivity index (χ0) is 31.0. The fraction of sp³-hybridized carbons (Fsp3) is 0.375. The Labute approximate surface area is 237 Å². The summed E-state index contributed by atoms with van der Waals surface area (Å²) in [6.45, 7) is 3.44. The number of alkyl halides is 5. The Hall–Kier alpha value is -4.41. The SMILES string of the molecule is CC1(c2cn(C(C)(C)C(=O)O)nn2)C(=O)Nc2nc(-c3nn(CCC(F)(F)C(F)(F)F)c4cc(Cl)ccc34)nc(N)c21. The number of aryl methyl sites for hydroxylation is 1. The highest BCUT2D eigenvalue weighted by Crippen LogP contribution is 2.45. The lowest BCUT2D eigenvalue weighted by Gasteiger charge is -2.21. The van der Waals surface area contributed by atoms with E-state index in [1.165, 1.54) is 45.2 Å². The Morgan fingerprint density at radius 2 is 1.88 bits per heavy atom. The molecule has 1 unspecified atom stereocenters. The molecular weight excluding hydrogens is 593 g/mol. The molecule has 222 valence electrons. The maximum atomic E-state index is 13.7. The molecule has 0 fully saturated rings. The van der Waals surface area contributed by atoms with E-state index in [1.54, 1.807) is 0 Å². The van der Waals surface area contributed by atoms with Gasteiger partial charge in [-0.05, 0) is 39.0 Å². The lowest BCUT2D eigenvalue weighted by atomic mass is 9.81. The molecule has 0 saturated heterocycles. The minimum Gasteiger partial charge on any atom is -0.479 e. The van der Waals surface area contributed by atoms with Gasteiger partial charge in [-0.25, -0.2) is 19.4 Å². The second kappa shape index (κ2) is 9.30. The molecule has 0 radical (unpaired) electrons. The van der Waals surface area contributed by atoms with Gasteiger partial charge in [0.2, 0.25) is 5.91 Å². The predicted octanol–water partition coefficient (Wildman–Crippen LogP) is 3.99. The van der Waals surface area contributed by atoms with Crippen LogP contribution in [0, 0.1) is 0 Å². The van der Waals surface area contributed by atoms with Gasteiger partial charge in [0.1, 0.15) is 28.4 Å². The summed E-state index contributed by atoms with van der Waals surface area (Å²) in [5.41, 5.74) is 3.54. The first-order chi connectivity index (χ1) is 19.4. The minimum atomic E-state index is -5.74. The van der Waals surface area contributed by atoms with Crippen molar-refractivity contribution in [2.24, 2.45) is 0 Å². The van der Waals surface area contributed by atoms with Gasteiger partial charge in [-0.3, -0.25) is 9.48 Å². The van der Waals surface area contributed by atoms with Gasteiger partial charge < -0.3 is 16.2 Å². The smallest absolute Gasteiger partial charge is 0.453 e. The number of carbonyl (C=O) groups excluding carboxylic acids is 1. The molecule has 42 heavy (non-hydrogen) atoms. The number of nitrogens with one attached hydrogen (secondary N) is 1. The Morgan fingerprint density at radius 1 is 1.19 bits per heavy atom. The van der Waals surface area contributed by atoms with Gasteiger partial charge in [0.15, 0.2) is 11.4 Å². The number of halogens is 6. The quantitative estimate of drug-likeness (QED) is 0.261. The van der Waals surface area contributed by atoms with E-state index in [0.717, 1.165) is 9.36 Å². The molecule has 1 aliphatic rings. The highest BCUT2D eigenvalue weighted by molar-refractivity contribution is 6.31. The normalized spacial score (nSPS) is 17.5. The highest BCUT2D eigenvalue weighted by atomic mass is 35.5. The van der Waals surface area contributed by atoms with E-state index in [9.17, 15) is 36.6 Å². The first-order valence-corrected chi connectivity index (χ1v) is 12.5. The van der Waals surface area contributed by atoms with Crippen molar-refractivity contribution in [2.45, 2.75) is 56.8 Å². The molecule has 1 amide bonds. The van der Waals surface area contributed by atoms with Gasteiger partial charge in [-0.2, -0.15) is 27.1 Å². The number of nitrogen functional groups attached to an aromatic ring is 1. The molecule has 12 nitrogen and oxygen atoms in total. The summed E-state index contributed by atoms with van der Waals surface area (Å²) in [5, 5.41) is 24.6. The van der Waals surface area contributed by atoms with Crippen LogP contribution in [-0.4, -0.2) is 63.8 Å². The summed E-state index contributed by atoms with van der Waals surface area (Å²) in [7, 11) is 0. The number of anilines is 2. The van der Waals surface area contributed by atoms with Crippen LogP contribution < -0.4 is 11.1 Å². The van der Waals surface area contributed by atoms with Gasteiger partial charge in [-0.1, -0.05) is 16.8 Å². The lowest BCUT2D eigenvalue weighted by molar-refractivity contribution is -0.285. The average molecular weight is 614 g/mol. The molecule has 3 aromatic heterocycles. The van der Waals surface area contributed by atoms with Crippen molar-refractivity contribution in [2.75, 3.05) is 11.1 Å². The van der Waals surface area contributed by atoms with Crippen molar-refractivity contribution in [3.05, 3.63) is 40.7 Å². The average Bonchev–Trinajstić information content (AvgIpc) is 3.58. The monoisotopic (exact) mass is 613 g/mol. The number of carboxylic acids is 1. The number of carbonyl (C=O) groups is 2. The van der Waals surface area contributed by atoms with E-state index in [4.69, 9.17) is 17.3 Å². The Kier molecular flexibility index (Phi) is 6.44. The van der Waals surface area contributed by atoms with Crippen LogP contribution in [0.1, 0.15) is 38.4 Å². The molecule has 5 rings (SSSR count). The highest BCUT2D eigenvalue weighted by Gasteiger charge is 2.57. The largest absolute Gasteiger partial charge is 0.479 e. The van der Waals surface area contributed by atoms with E-state index < -0.39 is 47.9 Å². The van der Waals surface area contributed by atoms with Crippen molar-refractivity contribution in [3.63, 3.8) is 0 Å². The summed E-state index contributed by atoms with van der Waals surface area (Å²) >= 11 is 6.05. The second-order valence-electron chi connectivity index (χ2n) is 10.3. The number of hydrogen-bond donors (Lipinski definition) is 3. The molecule has 0 aliphatic carbocycles. The Balaban J connectivity index is 1.58. The van der Waals surface area contributed by atoms with Crippen LogP contribution in [-0.2, 0) is 27.1 Å². The molecule has 18 heteroatoms. The van der Waals surface area contributed by atoms with E-state index >= 15 is 0 Å². The fourth-order valence-electron chi connectivity index (χ4n) is 4.49. The third-order valence-electron chi connectivity index (χ3n) is 7.20. The maximum Gasteiger partial charge on any atom is 0.453 e. The van der Waals surface area contributed by atoms with Crippen molar-refractivity contribution in [1.82, 2.24) is 34.7 Å². The first kappa shape index (κ1) is 29.1. The molecule has 4 heterocycles. The fourth-order valence-corrected chi connectivity index (χ4v) is 4.66. The van der Waals surface area contributed by atoms with Crippen LogP contribution in [0.3, 0.4) is 0 Å². The van der Waals surface area contributed by atoms with Crippen molar-refractivity contribution < 1.29 is 36.6 Å². The number of carboxylic acid groups (broad SMARTS) is 1. The lowest BCUT2D eigenvalue weighted by Crippen LogP contribution is -2.37. The zero-order valence-corrected chi connectivity index (χ0v) is 22.7. The van der Waals surface area contributed by atoms with Crippen LogP contribution in [0.25, 0.3) is 22.4 Å². The third kappa shape index (κ3) is 4.38. The predicted molar refractivity (Wildman–Crippen MR) is 138 cm³/mol. The van der Waals surface area contributed by atoms with E-state index in [0.29, 0.717) is 0 Å². The number of amides is 1. The molecule has 1 aromatic carbocycles. The van der Waals surface area contributed by atoms with E-state index in [1.807, 2.05) is 0 Å². The molecule has 0 spiro atoms. The number of aromatic nitrogens is 7. The van der Waals surface area contributed by atoms with E-state index in [-0.39, 0.29) is 50.3 Å². The van der Waals surface area contributed by atoms with Crippen LogP contribution in [0.2, 0.25) is 5.02 Å². The number of rotatable bonds is 7. The van der Waals surface area contributed by atoms with Gasteiger partial charge in [0.05, 0.1) is 17.3 Å². The molecule has 0 bridgehead atoms. The number of fused-ring (bicyclic) bond motifs is 2. The number of nitrogens with two attached hydrogens (primary N) is 1. The van der Waals surface area contributed by atoms with E-state index in [2.05, 4.69) is 30.7 Å². The van der Waals surface area contributed by atoms with Gasteiger partial charge >= 0.3 is 18.1 Å². The van der Waals surface area contributed by atoms with Gasteiger partial charge in [0.25, 0.3) is 0 Å². The number of benzene rings is 1. The second-order valence-corrected chi connectivity index (χ2v) is 10.8. The molecule has 1 atom stereocenters. The minimum absolute atomic E-state index is 0.0107. The standard InChI is InChI=1S/C24H21ClF5N9O3/c1-21(2,20(41)42)39-9-13(35-37-39)22(3)14-16(31)32-18(33-17(14)34-19(22)40)15-11-5-4-10(25)8-12(11)38(36-15)7-6-23(26,27)24(28,29)30/h4-5,8-9H,6-7H2,1-3H3,(H,41,42)(H3,31,32,33,34,40). The van der Waals surface area contributed by atoms with Gasteiger partial charge in [0, 0.05) is 23.4 Å². The van der Waals surface area contributed by atoms with Crippen LogP contribution in [0.15, 0.2) is 24.4 Å². The third-order valence-corrected chi connectivity index (χ3v) is 7.44. The topological polar surface area (TPSA) is 167 Å². The van der Waals surface area contributed by atoms with Crippen LogP contribution >= 0.6 is 11.6 Å². The Morgan fingerprint density at radius 3 is 2.52 bits per heavy atom. The maximum absolute atomic E-state index is 13.7. The molecule has 1 aliphatic heterocycles. The van der Waals surface area contributed by atoms with Crippen LogP contribution in [0.4, 0.5) is 33.6 Å². The number of hydrogen-bond acceptors (Lipinski definition) is 8. The Bertz CT molecular complexity index is 1770. The summed E-state index contributed by atoms with van der Waals surface area (Å²) in [6, 6.07) is 4.27. The van der Waals surface area contributed by atoms with Crippen molar-refractivity contribution in [1.29, 1.82) is 0 Å². The first-order valence-electron chi connectivity index (χ1n) is 12.1. The van der Waals surface area contributed by atoms with Crippen molar-refractivity contribution in [3.8, 4) is 11.5 Å². The van der Waals surface area contributed by atoms with Crippen LogP contribution in [0.5, 0.6) is 0 Å². The van der Waals surface area contributed by atoms with Gasteiger partial charge in [-0.15, -0.1) is 5.10 Å². The molecule has 4 N–H and O–H groups in total. The molecule has 0 saturated carbocycles. The molecule has 4 aromatic rings. The summed E-state index contributed by atoms with van der Waals surface area (Å²) in [4.78, 5) is 33.5. The van der Waals surface area contributed by atoms with Crippen molar-refractivity contribution >= 4 is 46.0 Å². The summed E-state index contributed by atoms with van der Waals surface area (Å²) in [6.07, 6.45) is -6.03. The molecular formula is C24H21ClF5N9O3. The number of nitrogens with zero attached hydrogens (tertiary/aromatic N) is 7. The zero-order valence-electron chi connectivity index (χ0n) is 22.0. The number of aliphatic carboxylic acids is 1.